The Labute approximate surface area is 83.6 Å². The number of imidazole rings is 1. The van der Waals surface area contributed by atoms with E-state index in [0.717, 1.165) is 12.1 Å². The van der Waals surface area contributed by atoms with Crippen molar-refractivity contribution >= 4 is 11.0 Å². The Kier molecular flexibility index (Phi) is 1.63. The highest BCUT2D eigenvalue weighted by Gasteiger charge is 2.16. The lowest BCUT2D eigenvalue weighted by atomic mass is 9.96. The van der Waals surface area contributed by atoms with Crippen molar-refractivity contribution in [3.05, 3.63) is 30.1 Å². The summed E-state index contributed by atoms with van der Waals surface area (Å²) in [6.45, 7) is 3.44. The van der Waals surface area contributed by atoms with Crippen molar-refractivity contribution in [2.45, 2.75) is 32.2 Å². The Morgan fingerprint density at radius 2 is 2.36 bits per heavy atom. The van der Waals surface area contributed by atoms with Crippen LogP contribution >= 0.6 is 0 Å². The minimum absolute atomic E-state index is 0.677. The second-order valence-corrected chi connectivity index (χ2v) is 4.20. The molecule has 1 aromatic heterocycles. The number of aryl methyl sites for hydroxylation is 1. The predicted molar refractivity (Wildman–Crippen MR) is 57.4 cm³/mol. The van der Waals surface area contributed by atoms with E-state index in [-0.39, 0.29) is 0 Å². The van der Waals surface area contributed by atoms with E-state index in [2.05, 4.69) is 34.7 Å². The molecule has 72 valence electrons. The van der Waals surface area contributed by atoms with Gasteiger partial charge in [-0.2, -0.15) is 0 Å². The molecule has 1 atom stereocenters. The Hall–Kier alpha value is -1.31. The minimum Gasteiger partial charge on any atom is -0.330 e. The summed E-state index contributed by atoms with van der Waals surface area (Å²) in [4.78, 5) is 4.43. The molecule has 2 heterocycles. The Morgan fingerprint density at radius 1 is 1.43 bits per heavy atom. The van der Waals surface area contributed by atoms with Crippen molar-refractivity contribution in [2.24, 2.45) is 0 Å². The van der Waals surface area contributed by atoms with Gasteiger partial charge in [-0.1, -0.05) is 19.1 Å². The Morgan fingerprint density at radius 3 is 3.29 bits per heavy atom. The van der Waals surface area contributed by atoms with Crippen LogP contribution in [0.25, 0.3) is 11.0 Å². The molecule has 0 saturated heterocycles. The molecule has 0 bridgehead atoms. The van der Waals surface area contributed by atoms with Crippen LogP contribution in [0.1, 0.15) is 31.2 Å². The molecule has 0 aliphatic carbocycles. The second-order valence-electron chi connectivity index (χ2n) is 4.20. The summed E-state index contributed by atoms with van der Waals surface area (Å²) in [5.41, 5.74) is 3.98. The van der Waals surface area contributed by atoms with Gasteiger partial charge in [-0.25, -0.2) is 4.98 Å². The first-order chi connectivity index (χ1) is 6.86. The van der Waals surface area contributed by atoms with Crippen molar-refractivity contribution in [1.29, 1.82) is 0 Å². The zero-order valence-electron chi connectivity index (χ0n) is 8.40. The summed E-state index contributed by atoms with van der Waals surface area (Å²) in [5, 5.41) is 0. The first-order valence-electron chi connectivity index (χ1n) is 5.30. The SMILES string of the molecule is CC1CCCn2cnc3cccc1c32. The molecule has 0 saturated carbocycles. The summed E-state index contributed by atoms with van der Waals surface area (Å²) >= 11 is 0. The van der Waals surface area contributed by atoms with Crippen LogP contribution in [0.15, 0.2) is 24.5 Å². The van der Waals surface area contributed by atoms with E-state index >= 15 is 0 Å². The number of nitrogens with zero attached hydrogens (tertiary/aromatic N) is 2. The molecule has 0 amide bonds. The van der Waals surface area contributed by atoms with Gasteiger partial charge in [0.25, 0.3) is 0 Å². The third-order valence-corrected chi connectivity index (χ3v) is 3.24. The molecule has 14 heavy (non-hydrogen) atoms. The molecular formula is C12H14N2. The zero-order valence-corrected chi connectivity index (χ0v) is 8.40. The van der Waals surface area contributed by atoms with Crippen LogP contribution in [-0.4, -0.2) is 9.55 Å². The zero-order chi connectivity index (χ0) is 9.54. The van der Waals surface area contributed by atoms with Crippen molar-refractivity contribution in [3.8, 4) is 0 Å². The van der Waals surface area contributed by atoms with Crippen LogP contribution < -0.4 is 0 Å². The van der Waals surface area contributed by atoms with E-state index in [1.807, 2.05) is 6.33 Å². The van der Waals surface area contributed by atoms with E-state index in [9.17, 15) is 0 Å². The van der Waals surface area contributed by atoms with Crippen LogP contribution in [0, 0.1) is 0 Å². The first kappa shape index (κ1) is 8.04. The highest BCUT2D eigenvalue weighted by Crippen LogP contribution is 2.31. The van der Waals surface area contributed by atoms with E-state index in [4.69, 9.17) is 0 Å². The van der Waals surface area contributed by atoms with Gasteiger partial charge >= 0.3 is 0 Å². The number of hydrogen-bond donors (Lipinski definition) is 0. The molecule has 1 unspecified atom stereocenters. The van der Waals surface area contributed by atoms with Gasteiger partial charge in [-0.3, -0.25) is 0 Å². The van der Waals surface area contributed by atoms with Crippen molar-refractivity contribution in [2.75, 3.05) is 0 Å². The second kappa shape index (κ2) is 2.84. The molecule has 0 fully saturated rings. The van der Waals surface area contributed by atoms with E-state index in [0.29, 0.717) is 5.92 Å². The fraction of sp³-hybridized carbons (Fsp3) is 0.417. The van der Waals surface area contributed by atoms with Gasteiger partial charge in [-0.05, 0) is 30.4 Å². The summed E-state index contributed by atoms with van der Waals surface area (Å²) in [6, 6.07) is 6.47. The summed E-state index contributed by atoms with van der Waals surface area (Å²) in [5.74, 6) is 0.677. The van der Waals surface area contributed by atoms with Gasteiger partial charge in [-0.15, -0.1) is 0 Å². The van der Waals surface area contributed by atoms with Gasteiger partial charge < -0.3 is 4.57 Å². The van der Waals surface area contributed by atoms with Crippen molar-refractivity contribution < 1.29 is 0 Å². The average Bonchev–Trinajstić information content (AvgIpc) is 2.53. The molecule has 1 aliphatic heterocycles. The monoisotopic (exact) mass is 186 g/mol. The molecule has 1 aliphatic rings. The molecule has 2 nitrogen and oxygen atoms in total. The Balaban J connectivity index is 2.38. The van der Waals surface area contributed by atoms with Crippen LogP contribution in [0.3, 0.4) is 0 Å². The molecule has 0 spiro atoms. The fourth-order valence-corrected chi connectivity index (χ4v) is 2.45. The number of hydrogen-bond acceptors (Lipinski definition) is 1. The maximum absolute atomic E-state index is 4.43. The van der Waals surface area contributed by atoms with Gasteiger partial charge in [0.15, 0.2) is 0 Å². The quantitative estimate of drug-likeness (QED) is 0.618. The van der Waals surface area contributed by atoms with Gasteiger partial charge in [0, 0.05) is 6.54 Å². The number of para-hydroxylation sites is 1. The lowest BCUT2D eigenvalue weighted by molar-refractivity contribution is 0.593. The first-order valence-corrected chi connectivity index (χ1v) is 5.30. The number of rotatable bonds is 0. The fourth-order valence-electron chi connectivity index (χ4n) is 2.45. The van der Waals surface area contributed by atoms with Crippen molar-refractivity contribution in [3.63, 3.8) is 0 Å². The molecule has 0 N–H and O–H groups in total. The number of benzene rings is 1. The molecule has 2 heteroatoms. The molecule has 2 aromatic rings. The topological polar surface area (TPSA) is 17.8 Å². The lowest BCUT2D eigenvalue weighted by Gasteiger charge is -2.08. The largest absolute Gasteiger partial charge is 0.330 e. The third-order valence-electron chi connectivity index (χ3n) is 3.24. The average molecular weight is 186 g/mol. The van der Waals surface area contributed by atoms with Gasteiger partial charge in [0.1, 0.15) is 0 Å². The summed E-state index contributed by atoms with van der Waals surface area (Å²) in [7, 11) is 0. The van der Waals surface area contributed by atoms with Crippen LogP contribution in [-0.2, 0) is 6.54 Å². The van der Waals surface area contributed by atoms with Gasteiger partial charge in [0.05, 0.1) is 17.4 Å². The molecule has 0 radical (unpaired) electrons. The van der Waals surface area contributed by atoms with E-state index < -0.39 is 0 Å². The predicted octanol–water partition coefficient (Wildman–Crippen LogP) is 2.93. The molecule has 1 aromatic carbocycles. The Bertz CT molecular complexity index is 470. The van der Waals surface area contributed by atoms with Gasteiger partial charge in [0.2, 0.25) is 0 Å². The van der Waals surface area contributed by atoms with E-state index in [1.54, 1.807) is 0 Å². The normalized spacial score (nSPS) is 21.1. The third kappa shape index (κ3) is 0.999. The molecule has 3 rings (SSSR count). The highest BCUT2D eigenvalue weighted by molar-refractivity contribution is 5.79. The maximum Gasteiger partial charge on any atom is 0.0958 e. The van der Waals surface area contributed by atoms with Crippen LogP contribution in [0.4, 0.5) is 0 Å². The standard InChI is InChI=1S/C12H14N2/c1-9-4-3-7-14-8-13-11-6-2-5-10(9)12(11)14/h2,5-6,8-9H,3-4,7H2,1H3. The van der Waals surface area contributed by atoms with E-state index in [1.165, 1.54) is 23.9 Å². The van der Waals surface area contributed by atoms with Crippen LogP contribution in [0.2, 0.25) is 0 Å². The van der Waals surface area contributed by atoms with Crippen LogP contribution in [0.5, 0.6) is 0 Å². The molecular weight excluding hydrogens is 172 g/mol. The minimum atomic E-state index is 0.677. The maximum atomic E-state index is 4.43. The highest BCUT2D eigenvalue weighted by atomic mass is 15.0. The smallest absolute Gasteiger partial charge is 0.0958 e. The lowest BCUT2D eigenvalue weighted by Crippen LogP contribution is -1.93. The number of aromatic nitrogens is 2. The summed E-state index contributed by atoms with van der Waals surface area (Å²) < 4.78 is 2.30. The summed E-state index contributed by atoms with van der Waals surface area (Å²) in [6.07, 6.45) is 4.54. The van der Waals surface area contributed by atoms with Crippen molar-refractivity contribution in [1.82, 2.24) is 9.55 Å².